The van der Waals surface area contributed by atoms with Gasteiger partial charge in [0.2, 0.25) is 5.91 Å². The smallest absolute Gasteiger partial charge is 0.305 e. The van der Waals surface area contributed by atoms with Crippen molar-refractivity contribution in [1.82, 2.24) is 10.2 Å². The zero-order valence-corrected chi connectivity index (χ0v) is 28.8. The molecule has 0 radical (unpaired) electrons. The third-order valence-corrected chi connectivity index (χ3v) is 12.3. The van der Waals surface area contributed by atoms with Crippen molar-refractivity contribution in [3.05, 3.63) is 29.3 Å². The summed E-state index contributed by atoms with van der Waals surface area (Å²) in [5.74, 6) is -11.9. The summed E-state index contributed by atoms with van der Waals surface area (Å²) in [7, 11) is 3.12. The van der Waals surface area contributed by atoms with Crippen molar-refractivity contribution in [3.63, 3.8) is 0 Å². The lowest BCUT2D eigenvalue weighted by molar-refractivity contribution is -0.206. The fourth-order valence-corrected chi connectivity index (χ4v) is 9.90. The number of phenols is 1. The Morgan fingerprint density at radius 2 is 1.59 bits per heavy atom. The van der Waals surface area contributed by atoms with E-state index in [2.05, 4.69) is 5.32 Å². The summed E-state index contributed by atoms with van der Waals surface area (Å²) < 4.78 is 6.09. The second kappa shape index (κ2) is 14.1. The summed E-state index contributed by atoms with van der Waals surface area (Å²) in [5.41, 5.74) is -2.50. The molecule has 1 aromatic rings. The predicted octanol–water partition coefficient (Wildman–Crippen LogP) is 3.52. The number of ether oxygens (including phenoxy) is 1. The van der Waals surface area contributed by atoms with Crippen molar-refractivity contribution in [3.8, 4) is 5.75 Å². The first-order valence-corrected chi connectivity index (χ1v) is 18.3. The molecule has 49 heavy (non-hydrogen) atoms. The fraction of sp³-hybridized carbons (Fsp3) is 0.684. The van der Waals surface area contributed by atoms with Crippen molar-refractivity contribution >= 4 is 35.0 Å². The number of Topliss-reactive ketones (excluding diaryl/α,β-unsaturated/α-hetero) is 4. The van der Waals surface area contributed by atoms with Gasteiger partial charge >= 0.3 is 5.97 Å². The lowest BCUT2D eigenvalue weighted by Gasteiger charge is -2.57. The molecule has 4 fully saturated rings. The van der Waals surface area contributed by atoms with Gasteiger partial charge in [0.1, 0.15) is 11.9 Å². The van der Waals surface area contributed by atoms with E-state index in [1.807, 2.05) is 0 Å². The van der Waals surface area contributed by atoms with Crippen LogP contribution in [0.15, 0.2) is 18.2 Å². The number of aromatic hydroxyl groups is 1. The lowest BCUT2D eigenvalue weighted by atomic mass is 9.48. The minimum Gasteiger partial charge on any atom is -0.507 e. The molecule has 3 N–H and O–H groups in total. The Morgan fingerprint density at radius 3 is 2.24 bits per heavy atom. The van der Waals surface area contributed by atoms with E-state index in [4.69, 9.17) is 4.74 Å². The zero-order valence-electron chi connectivity index (χ0n) is 28.8. The number of benzene rings is 1. The number of ketones is 4. The number of amides is 1. The van der Waals surface area contributed by atoms with Gasteiger partial charge in [-0.3, -0.25) is 33.7 Å². The number of likely N-dealkylation sites (N-methyl/N-ethyl adjacent to an activating group) is 1. The highest BCUT2D eigenvalue weighted by Gasteiger charge is 2.74. The van der Waals surface area contributed by atoms with Crippen LogP contribution < -0.4 is 5.32 Å². The first-order valence-electron chi connectivity index (χ1n) is 18.3. The van der Waals surface area contributed by atoms with Gasteiger partial charge < -0.3 is 20.3 Å². The number of fused-ring (bicyclic) bond motifs is 3. The second-order valence-electron chi connectivity index (χ2n) is 15.3. The molecule has 0 bridgehead atoms. The van der Waals surface area contributed by atoms with Gasteiger partial charge in [-0.1, -0.05) is 64.0 Å². The van der Waals surface area contributed by atoms with Gasteiger partial charge in [0.15, 0.2) is 34.7 Å². The van der Waals surface area contributed by atoms with Gasteiger partial charge in [-0.25, -0.2) is 0 Å². The van der Waals surface area contributed by atoms with Crippen LogP contribution in [0.3, 0.4) is 0 Å². The molecule has 0 aliphatic heterocycles. The van der Waals surface area contributed by atoms with E-state index in [1.165, 1.54) is 11.0 Å². The molecule has 1 aromatic carbocycles. The Balaban J connectivity index is 1.46. The van der Waals surface area contributed by atoms with Crippen LogP contribution in [0.4, 0.5) is 0 Å². The van der Waals surface area contributed by atoms with E-state index in [-0.39, 0.29) is 30.2 Å². The predicted molar refractivity (Wildman–Crippen MR) is 178 cm³/mol. The molecular formula is C38H50N2O9. The Labute approximate surface area is 287 Å². The monoisotopic (exact) mass is 678 g/mol. The minimum absolute atomic E-state index is 0.0404. The summed E-state index contributed by atoms with van der Waals surface area (Å²) in [6, 6.07) is 3.37. The number of hydrogen-bond acceptors (Lipinski definition) is 10. The molecule has 0 spiro atoms. The summed E-state index contributed by atoms with van der Waals surface area (Å²) in [5, 5.41) is 26.3. The Morgan fingerprint density at radius 1 is 0.939 bits per heavy atom. The minimum atomic E-state index is -2.98. The number of esters is 1. The molecule has 6 rings (SSSR count). The molecule has 0 saturated heterocycles. The molecule has 8 atom stereocenters. The van der Waals surface area contributed by atoms with E-state index < -0.39 is 82.3 Å². The van der Waals surface area contributed by atoms with Crippen LogP contribution >= 0.6 is 0 Å². The van der Waals surface area contributed by atoms with E-state index in [1.54, 1.807) is 33.2 Å². The van der Waals surface area contributed by atoms with Crippen LogP contribution in [0.5, 0.6) is 5.75 Å². The summed E-state index contributed by atoms with van der Waals surface area (Å²) >= 11 is 0. The molecule has 4 saturated carbocycles. The van der Waals surface area contributed by atoms with E-state index in [9.17, 15) is 39.0 Å². The molecule has 11 nitrogen and oxygen atoms in total. The normalized spacial score (nSPS) is 33.6. The van der Waals surface area contributed by atoms with Crippen molar-refractivity contribution in [2.75, 3.05) is 20.6 Å². The molecule has 0 aromatic heterocycles. The van der Waals surface area contributed by atoms with Crippen LogP contribution in [-0.4, -0.2) is 88.5 Å². The maximum absolute atomic E-state index is 14.8. The largest absolute Gasteiger partial charge is 0.507 e. The second-order valence-corrected chi connectivity index (χ2v) is 15.3. The first-order chi connectivity index (χ1) is 23.4. The standard InChI is InChI=1S/C38H50N2O9/c1-4-25(42)49-34-27-23(18-17-20-11-8-9-12-20)22-15-10-16-24(41)26(22)32(43)28(27)35(45)38(48)30(34)31(40(2)3)33(44)29(36(38)46)37(47)39-19-21-13-6-5-7-14-21/h10,15-16,20-21,23,27-31,34,41,48H,4-9,11-14,17-19H2,1-3H3,(H,39,47)/t23-,27+,28?,29?,30+,31-,34-,38-/m1/s1. The van der Waals surface area contributed by atoms with Crippen LogP contribution in [0.1, 0.15) is 106 Å². The van der Waals surface area contributed by atoms with E-state index in [0.29, 0.717) is 17.9 Å². The molecule has 2 unspecified atom stereocenters. The molecular weight excluding hydrogens is 628 g/mol. The van der Waals surface area contributed by atoms with Crippen LogP contribution in [0.25, 0.3) is 0 Å². The highest BCUT2D eigenvalue weighted by Crippen LogP contribution is 2.57. The van der Waals surface area contributed by atoms with Crippen LogP contribution in [0, 0.1) is 35.5 Å². The number of nitrogens with zero attached hydrogens (tertiary/aromatic N) is 1. The van der Waals surface area contributed by atoms with Crippen LogP contribution in [0.2, 0.25) is 0 Å². The average molecular weight is 679 g/mol. The number of nitrogens with one attached hydrogen (secondary N) is 1. The number of rotatable bonds is 9. The van der Waals surface area contributed by atoms with Crippen molar-refractivity contribution in [2.45, 2.75) is 108 Å². The van der Waals surface area contributed by atoms with Gasteiger partial charge in [-0.2, -0.15) is 0 Å². The Hall–Kier alpha value is -3.44. The van der Waals surface area contributed by atoms with E-state index in [0.717, 1.165) is 64.2 Å². The van der Waals surface area contributed by atoms with Crippen molar-refractivity contribution < 1.29 is 43.7 Å². The molecule has 1 amide bonds. The van der Waals surface area contributed by atoms with Gasteiger partial charge in [0.05, 0.1) is 23.4 Å². The van der Waals surface area contributed by atoms with Crippen LogP contribution in [-0.2, 0) is 28.7 Å². The fourth-order valence-electron chi connectivity index (χ4n) is 9.90. The third kappa shape index (κ3) is 6.04. The van der Waals surface area contributed by atoms with Crippen molar-refractivity contribution in [2.24, 2.45) is 35.5 Å². The molecule has 0 heterocycles. The van der Waals surface area contributed by atoms with Gasteiger partial charge in [-0.05, 0) is 69.2 Å². The maximum atomic E-state index is 14.8. The number of carbonyl (C=O) groups is 6. The lowest BCUT2D eigenvalue weighted by Crippen LogP contribution is -2.78. The summed E-state index contributed by atoms with van der Waals surface area (Å²) in [6.07, 6.45) is 9.14. The highest BCUT2D eigenvalue weighted by atomic mass is 16.5. The number of phenolic OH excluding ortho intramolecular Hbond substituents is 1. The van der Waals surface area contributed by atoms with E-state index >= 15 is 0 Å². The quantitative estimate of drug-likeness (QED) is 0.260. The summed E-state index contributed by atoms with van der Waals surface area (Å²) in [4.78, 5) is 86.3. The maximum Gasteiger partial charge on any atom is 0.305 e. The third-order valence-electron chi connectivity index (χ3n) is 12.3. The molecule has 11 heteroatoms. The Kier molecular flexibility index (Phi) is 10.2. The topological polar surface area (TPSA) is 167 Å². The van der Waals surface area contributed by atoms with Gasteiger partial charge in [0.25, 0.3) is 0 Å². The number of carbonyl (C=O) groups excluding carboxylic acids is 6. The highest BCUT2D eigenvalue weighted by molar-refractivity contribution is 6.32. The molecule has 266 valence electrons. The SMILES string of the molecule is CCC(=O)O[C@@H]1[C@@H]2C(C(=O)c3c(O)cccc3[C@H]2CCC2CCCC2)C(=O)[C@@]2(O)C(=O)C(C(=O)NCC3CCCCC3)C(=O)[C@H](N(C)C)[C@@H]12. The average Bonchev–Trinajstić information content (AvgIpc) is 3.60. The summed E-state index contributed by atoms with van der Waals surface area (Å²) in [6.45, 7) is 1.85. The molecule has 5 aliphatic carbocycles. The molecule has 5 aliphatic rings. The van der Waals surface area contributed by atoms with Gasteiger partial charge in [-0.15, -0.1) is 0 Å². The zero-order chi connectivity index (χ0) is 35.2. The number of hydrogen-bond donors (Lipinski definition) is 3. The van der Waals surface area contributed by atoms with Crippen molar-refractivity contribution in [1.29, 1.82) is 0 Å². The Bertz CT molecular complexity index is 1510. The van der Waals surface area contributed by atoms with Gasteiger partial charge in [0, 0.05) is 18.9 Å². The first kappa shape index (κ1) is 35.4. The number of aliphatic hydroxyl groups is 1.